The van der Waals surface area contributed by atoms with Gasteiger partial charge in [0.1, 0.15) is 5.82 Å². The number of anilines is 1. The Kier molecular flexibility index (Phi) is 7.34. The van der Waals surface area contributed by atoms with Gasteiger partial charge in [0.15, 0.2) is 0 Å². The summed E-state index contributed by atoms with van der Waals surface area (Å²) in [5.74, 6) is 0.708. The molecule has 23 heavy (non-hydrogen) atoms. The number of hydrogen-bond acceptors (Lipinski definition) is 3. The van der Waals surface area contributed by atoms with Crippen LogP contribution in [0.15, 0.2) is 24.3 Å². The number of unbranched alkanes of at least 4 members (excludes halogenated alkanes) is 4. The van der Waals surface area contributed by atoms with Crippen LogP contribution in [0.4, 0.5) is 5.82 Å². The summed E-state index contributed by atoms with van der Waals surface area (Å²) in [5.41, 5.74) is 9.82. The Bertz CT molecular complexity index is 607. The van der Waals surface area contributed by atoms with E-state index in [-0.39, 0.29) is 0 Å². The van der Waals surface area contributed by atoms with Crippen molar-refractivity contribution >= 4 is 16.7 Å². The number of nitrogens with two attached hydrogens (primary N) is 1. The van der Waals surface area contributed by atoms with E-state index < -0.39 is 0 Å². The number of nitrogen functional groups attached to an aromatic ring is 1. The van der Waals surface area contributed by atoms with E-state index in [0.29, 0.717) is 5.82 Å². The molecule has 0 aliphatic carbocycles. The van der Waals surface area contributed by atoms with Crippen molar-refractivity contribution in [3.63, 3.8) is 0 Å². The summed E-state index contributed by atoms with van der Waals surface area (Å²) in [6, 6.07) is 8.71. The molecule has 0 unspecified atom stereocenters. The molecule has 1 heterocycles. The van der Waals surface area contributed by atoms with Crippen LogP contribution < -0.4 is 11.1 Å². The highest BCUT2D eigenvalue weighted by Gasteiger charge is 2.07. The number of rotatable bonds is 10. The number of pyridine rings is 1. The molecule has 3 N–H and O–H groups in total. The molecule has 3 nitrogen and oxygen atoms in total. The molecule has 0 saturated carbocycles. The van der Waals surface area contributed by atoms with Crippen LogP contribution in [0.1, 0.15) is 56.6 Å². The van der Waals surface area contributed by atoms with Crippen LogP contribution in [0.25, 0.3) is 10.9 Å². The molecule has 1 aromatic carbocycles. The quantitative estimate of drug-likeness (QED) is 0.636. The maximum Gasteiger partial charge on any atom is 0.127 e. The summed E-state index contributed by atoms with van der Waals surface area (Å²) in [6.07, 6.45) is 9.59. The standard InChI is InChI=1S/C20H31N3/c1-3-4-6-11-17-15-18-16(10-7-5-8-14-22-2)12-9-13-19(18)23-20(17)21/h9,12-13,15,22H,3-8,10-11,14H2,1-2H3,(H2,21,23). The number of benzene rings is 1. The number of nitrogens with one attached hydrogen (secondary N) is 1. The van der Waals surface area contributed by atoms with Crippen molar-refractivity contribution in [1.82, 2.24) is 10.3 Å². The minimum Gasteiger partial charge on any atom is -0.383 e. The molecule has 126 valence electrons. The molecule has 1 aromatic heterocycles. The summed E-state index contributed by atoms with van der Waals surface area (Å²) >= 11 is 0. The molecule has 2 aromatic rings. The Morgan fingerprint density at radius 1 is 1.00 bits per heavy atom. The van der Waals surface area contributed by atoms with Crippen molar-refractivity contribution in [2.75, 3.05) is 19.3 Å². The van der Waals surface area contributed by atoms with Gasteiger partial charge in [-0.25, -0.2) is 4.98 Å². The summed E-state index contributed by atoms with van der Waals surface area (Å²) in [5, 5.41) is 4.50. The second-order valence-corrected chi connectivity index (χ2v) is 6.39. The predicted molar refractivity (Wildman–Crippen MR) is 101 cm³/mol. The van der Waals surface area contributed by atoms with E-state index in [4.69, 9.17) is 5.73 Å². The summed E-state index contributed by atoms with van der Waals surface area (Å²) in [7, 11) is 2.01. The first-order valence-electron chi connectivity index (χ1n) is 9.08. The van der Waals surface area contributed by atoms with Gasteiger partial charge in [-0.15, -0.1) is 0 Å². The van der Waals surface area contributed by atoms with Crippen molar-refractivity contribution in [3.05, 3.63) is 35.4 Å². The van der Waals surface area contributed by atoms with Gasteiger partial charge in [-0.1, -0.05) is 38.3 Å². The lowest BCUT2D eigenvalue weighted by atomic mass is 9.99. The Hall–Kier alpha value is -1.61. The average molecular weight is 313 g/mol. The topological polar surface area (TPSA) is 50.9 Å². The van der Waals surface area contributed by atoms with Gasteiger partial charge in [0.05, 0.1) is 5.52 Å². The molecule has 0 spiro atoms. The van der Waals surface area contributed by atoms with Crippen LogP contribution in [0.5, 0.6) is 0 Å². The smallest absolute Gasteiger partial charge is 0.127 e. The molecule has 0 bridgehead atoms. The normalized spacial score (nSPS) is 11.2. The van der Waals surface area contributed by atoms with Gasteiger partial charge >= 0.3 is 0 Å². The van der Waals surface area contributed by atoms with E-state index in [9.17, 15) is 0 Å². The monoisotopic (exact) mass is 313 g/mol. The van der Waals surface area contributed by atoms with Crippen LogP contribution in [0.2, 0.25) is 0 Å². The van der Waals surface area contributed by atoms with E-state index in [1.807, 2.05) is 7.05 Å². The van der Waals surface area contributed by atoms with Crippen molar-refractivity contribution in [2.45, 2.75) is 58.3 Å². The summed E-state index contributed by atoms with van der Waals surface area (Å²) in [6.45, 7) is 3.34. The lowest BCUT2D eigenvalue weighted by Gasteiger charge is -2.11. The third-order valence-electron chi connectivity index (χ3n) is 4.48. The first-order chi connectivity index (χ1) is 11.3. The van der Waals surface area contributed by atoms with Crippen LogP contribution in [0.3, 0.4) is 0 Å². The third-order valence-corrected chi connectivity index (χ3v) is 4.48. The predicted octanol–water partition coefficient (Wildman–Crippen LogP) is 4.48. The van der Waals surface area contributed by atoms with Gasteiger partial charge in [0.25, 0.3) is 0 Å². The molecular weight excluding hydrogens is 282 g/mol. The van der Waals surface area contributed by atoms with E-state index in [2.05, 4.69) is 41.5 Å². The number of aromatic nitrogens is 1. The Balaban J connectivity index is 2.12. The third kappa shape index (κ3) is 5.21. The fourth-order valence-corrected chi connectivity index (χ4v) is 3.09. The zero-order valence-corrected chi connectivity index (χ0v) is 14.7. The summed E-state index contributed by atoms with van der Waals surface area (Å²) < 4.78 is 0. The maximum absolute atomic E-state index is 6.16. The van der Waals surface area contributed by atoms with E-state index in [1.54, 1.807) is 0 Å². The number of hydrogen-bond donors (Lipinski definition) is 2. The van der Waals surface area contributed by atoms with Crippen LogP contribution >= 0.6 is 0 Å². The minimum absolute atomic E-state index is 0.708. The molecule has 3 heteroatoms. The van der Waals surface area contributed by atoms with Gasteiger partial charge in [-0.2, -0.15) is 0 Å². The molecular formula is C20H31N3. The zero-order valence-electron chi connectivity index (χ0n) is 14.7. The van der Waals surface area contributed by atoms with Crippen LogP contribution in [0, 0.1) is 0 Å². The van der Waals surface area contributed by atoms with Crippen LogP contribution in [-0.2, 0) is 12.8 Å². The van der Waals surface area contributed by atoms with E-state index in [0.717, 1.165) is 24.9 Å². The average Bonchev–Trinajstić information content (AvgIpc) is 2.55. The van der Waals surface area contributed by atoms with Crippen molar-refractivity contribution < 1.29 is 0 Å². The van der Waals surface area contributed by atoms with Crippen molar-refractivity contribution in [3.8, 4) is 0 Å². The summed E-state index contributed by atoms with van der Waals surface area (Å²) in [4.78, 5) is 4.64. The Morgan fingerprint density at radius 2 is 1.78 bits per heavy atom. The molecule has 0 radical (unpaired) electrons. The maximum atomic E-state index is 6.16. The van der Waals surface area contributed by atoms with Gasteiger partial charge in [0, 0.05) is 5.39 Å². The minimum atomic E-state index is 0.708. The highest BCUT2D eigenvalue weighted by molar-refractivity contribution is 5.84. The molecule has 0 aliphatic rings. The lowest BCUT2D eigenvalue weighted by Crippen LogP contribution is -2.07. The second-order valence-electron chi connectivity index (χ2n) is 6.39. The zero-order chi connectivity index (χ0) is 16.5. The first kappa shape index (κ1) is 17.7. The van der Waals surface area contributed by atoms with Crippen molar-refractivity contribution in [2.24, 2.45) is 0 Å². The first-order valence-corrected chi connectivity index (χ1v) is 9.08. The fraction of sp³-hybridized carbons (Fsp3) is 0.550. The number of fused-ring (bicyclic) bond motifs is 1. The van der Waals surface area contributed by atoms with Gasteiger partial charge in [0.2, 0.25) is 0 Å². The van der Waals surface area contributed by atoms with Gasteiger partial charge in [-0.05, 0) is 69.0 Å². The second kappa shape index (κ2) is 9.51. The largest absolute Gasteiger partial charge is 0.383 e. The molecule has 0 amide bonds. The van der Waals surface area contributed by atoms with Crippen molar-refractivity contribution in [1.29, 1.82) is 0 Å². The molecule has 0 aliphatic heterocycles. The molecule has 0 atom stereocenters. The van der Waals surface area contributed by atoms with Gasteiger partial charge < -0.3 is 11.1 Å². The molecule has 0 fully saturated rings. The SMILES string of the molecule is CCCCCc1cc2c(CCCCCNC)cccc2nc1N. The number of nitrogens with zero attached hydrogens (tertiary/aromatic N) is 1. The highest BCUT2D eigenvalue weighted by atomic mass is 14.8. The molecule has 2 rings (SSSR count). The van der Waals surface area contributed by atoms with E-state index in [1.165, 1.54) is 55.0 Å². The fourth-order valence-electron chi connectivity index (χ4n) is 3.09. The van der Waals surface area contributed by atoms with Crippen LogP contribution in [-0.4, -0.2) is 18.6 Å². The van der Waals surface area contributed by atoms with Gasteiger partial charge in [-0.3, -0.25) is 0 Å². The lowest BCUT2D eigenvalue weighted by molar-refractivity contribution is 0.643. The number of aryl methyl sites for hydroxylation is 2. The molecule has 0 saturated heterocycles. The Morgan fingerprint density at radius 3 is 2.57 bits per heavy atom. The Labute approximate surface area is 140 Å². The van der Waals surface area contributed by atoms with E-state index >= 15 is 0 Å². The highest BCUT2D eigenvalue weighted by Crippen LogP contribution is 2.24.